The maximum atomic E-state index is 13.6. The smallest absolute Gasteiger partial charge is 0.258 e. The third-order valence-corrected chi connectivity index (χ3v) is 4.81. The molecule has 0 radical (unpaired) electrons. The molecule has 156 valence electrons. The first-order valence-corrected chi connectivity index (χ1v) is 10.2. The van der Waals surface area contributed by atoms with Crippen LogP contribution in [0.25, 0.3) is 11.1 Å². The molecule has 0 unspecified atom stereocenters. The number of carbonyl (C=O) groups is 1. The molecule has 0 spiro atoms. The summed E-state index contributed by atoms with van der Waals surface area (Å²) in [6, 6.07) is 9.00. The Morgan fingerprint density at radius 3 is 2.60 bits per heavy atom. The van der Waals surface area contributed by atoms with E-state index in [4.69, 9.17) is 16.3 Å². The number of pyridine rings is 2. The van der Waals surface area contributed by atoms with E-state index in [1.165, 1.54) is 13.1 Å². The summed E-state index contributed by atoms with van der Waals surface area (Å²) in [5, 5.41) is 3.24. The molecule has 0 bridgehead atoms. The second kappa shape index (κ2) is 9.67. The average molecular weight is 428 g/mol. The van der Waals surface area contributed by atoms with Crippen LogP contribution in [0.1, 0.15) is 42.6 Å². The lowest BCUT2D eigenvalue weighted by Crippen LogP contribution is -2.15. The summed E-state index contributed by atoms with van der Waals surface area (Å²) in [4.78, 5) is 20.3. The summed E-state index contributed by atoms with van der Waals surface area (Å²) in [5.41, 5.74) is 2.01. The fraction of sp³-hybridized carbons (Fsp3) is 0.261. The monoisotopic (exact) mass is 427 g/mol. The van der Waals surface area contributed by atoms with Crippen molar-refractivity contribution in [2.45, 2.75) is 39.7 Å². The van der Waals surface area contributed by atoms with Crippen molar-refractivity contribution in [3.05, 3.63) is 70.9 Å². The first kappa shape index (κ1) is 21.7. The molecule has 5 nitrogen and oxygen atoms in total. The van der Waals surface area contributed by atoms with E-state index in [1.807, 2.05) is 26.0 Å². The van der Waals surface area contributed by atoms with Crippen LogP contribution in [0, 0.1) is 12.7 Å². The summed E-state index contributed by atoms with van der Waals surface area (Å²) in [6.07, 6.45) is 6.47. The van der Waals surface area contributed by atoms with Gasteiger partial charge in [-0.1, -0.05) is 25.4 Å². The topological polar surface area (TPSA) is 64.1 Å². The maximum absolute atomic E-state index is 13.6. The molecule has 0 saturated heterocycles. The van der Waals surface area contributed by atoms with Crippen LogP contribution in [0.15, 0.2) is 48.9 Å². The lowest BCUT2D eigenvalue weighted by atomic mass is 10.1. The first-order chi connectivity index (χ1) is 14.5. The number of nitrogens with one attached hydrogen (secondary N) is 1. The van der Waals surface area contributed by atoms with E-state index in [9.17, 15) is 9.18 Å². The van der Waals surface area contributed by atoms with Crippen LogP contribution < -0.4 is 10.1 Å². The molecular formula is C23H23ClFN3O2. The molecule has 30 heavy (non-hydrogen) atoms. The molecule has 0 aliphatic heterocycles. The molecule has 1 amide bonds. The minimum atomic E-state index is -0.529. The van der Waals surface area contributed by atoms with Crippen LogP contribution in [0.4, 0.5) is 10.2 Å². The zero-order valence-corrected chi connectivity index (χ0v) is 17.8. The van der Waals surface area contributed by atoms with Crippen molar-refractivity contribution in [1.29, 1.82) is 0 Å². The molecule has 4 rings (SSSR count). The highest BCUT2D eigenvalue weighted by atomic mass is 35.5. The number of aromatic nitrogens is 2. The van der Waals surface area contributed by atoms with E-state index in [0.29, 0.717) is 16.9 Å². The minimum absolute atomic E-state index is 0.166. The van der Waals surface area contributed by atoms with Gasteiger partial charge in [0.25, 0.3) is 5.91 Å². The second-order valence-corrected chi connectivity index (χ2v) is 7.05. The maximum Gasteiger partial charge on any atom is 0.258 e. The Hall–Kier alpha value is -2.99. The van der Waals surface area contributed by atoms with Crippen molar-refractivity contribution in [1.82, 2.24) is 9.97 Å². The molecular weight excluding hydrogens is 405 g/mol. The summed E-state index contributed by atoms with van der Waals surface area (Å²) in [6.45, 7) is 5.53. The van der Waals surface area contributed by atoms with Gasteiger partial charge in [-0.15, -0.1) is 0 Å². The lowest BCUT2D eigenvalue weighted by molar-refractivity contribution is 0.102. The summed E-state index contributed by atoms with van der Waals surface area (Å²) in [5.74, 6) is 0.119. The van der Waals surface area contributed by atoms with E-state index in [0.717, 1.165) is 35.9 Å². The van der Waals surface area contributed by atoms with Gasteiger partial charge in [-0.3, -0.25) is 9.78 Å². The number of hydrogen-bond acceptors (Lipinski definition) is 4. The van der Waals surface area contributed by atoms with Gasteiger partial charge < -0.3 is 10.1 Å². The summed E-state index contributed by atoms with van der Waals surface area (Å²) >= 11 is 6.32. The van der Waals surface area contributed by atoms with Gasteiger partial charge >= 0.3 is 0 Å². The van der Waals surface area contributed by atoms with Crippen molar-refractivity contribution in [2.24, 2.45) is 0 Å². The van der Waals surface area contributed by atoms with Crippen LogP contribution >= 0.6 is 11.6 Å². The lowest BCUT2D eigenvalue weighted by Gasteiger charge is -2.10. The van der Waals surface area contributed by atoms with Gasteiger partial charge in [0.15, 0.2) is 0 Å². The molecule has 1 aliphatic rings. The number of anilines is 1. The second-order valence-electron chi connectivity index (χ2n) is 6.64. The Morgan fingerprint density at radius 1 is 1.17 bits per heavy atom. The quantitative estimate of drug-likeness (QED) is 0.537. The summed E-state index contributed by atoms with van der Waals surface area (Å²) < 4.78 is 19.4. The highest BCUT2D eigenvalue weighted by molar-refractivity contribution is 6.33. The molecule has 2 aromatic heterocycles. The van der Waals surface area contributed by atoms with Crippen LogP contribution in [0.5, 0.6) is 5.75 Å². The molecule has 7 heteroatoms. The SMILES string of the molecule is CC.Cc1c(F)cncc1C(=O)Nc1ccc(-c2cc(OC3CC3)ccc2Cl)cn1. The van der Waals surface area contributed by atoms with E-state index in [-0.39, 0.29) is 11.1 Å². The Balaban J connectivity index is 0.00000124. The van der Waals surface area contributed by atoms with Gasteiger partial charge in [0.1, 0.15) is 17.4 Å². The molecule has 1 aliphatic carbocycles. The van der Waals surface area contributed by atoms with Crippen molar-refractivity contribution < 1.29 is 13.9 Å². The normalized spacial score (nSPS) is 12.6. The molecule has 1 aromatic carbocycles. The van der Waals surface area contributed by atoms with E-state index < -0.39 is 11.7 Å². The molecule has 2 heterocycles. The zero-order chi connectivity index (χ0) is 21.7. The molecule has 0 atom stereocenters. The predicted octanol–water partition coefficient (Wildman–Crippen LogP) is 6.06. The fourth-order valence-electron chi connectivity index (χ4n) is 2.72. The van der Waals surface area contributed by atoms with Crippen LogP contribution in [-0.2, 0) is 0 Å². The van der Waals surface area contributed by atoms with Gasteiger partial charge in [0, 0.05) is 34.1 Å². The first-order valence-electron chi connectivity index (χ1n) is 9.85. The Bertz CT molecular complexity index is 1040. The number of ether oxygens (including phenoxy) is 1. The van der Waals surface area contributed by atoms with Crippen LogP contribution in [0.2, 0.25) is 5.02 Å². The van der Waals surface area contributed by atoms with Gasteiger partial charge in [0.2, 0.25) is 0 Å². The van der Waals surface area contributed by atoms with E-state index in [2.05, 4.69) is 15.3 Å². The Morgan fingerprint density at radius 2 is 1.93 bits per heavy atom. The number of hydrogen-bond donors (Lipinski definition) is 1. The molecule has 1 saturated carbocycles. The van der Waals surface area contributed by atoms with Crippen molar-refractivity contribution >= 4 is 23.3 Å². The Kier molecular flexibility index (Phi) is 7.00. The minimum Gasteiger partial charge on any atom is -0.490 e. The summed E-state index contributed by atoms with van der Waals surface area (Å²) in [7, 11) is 0. The molecule has 1 fully saturated rings. The predicted molar refractivity (Wildman–Crippen MR) is 117 cm³/mol. The van der Waals surface area contributed by atoms with Gasteiger partial charge in [0.05, 0.1) is 17.9 Å². The van der Waals surface area contributed by atoms with Crippen molar-refractivity contribution in [3.8, 4) is 16.9 Å². The molecule has 1 N–H and O–H groups in total. The van der Waals surface area contributed by atoms with E-state index in [1.54, 1.807) is 24.4 Å². The number of carbonyl (C=O) groups excluding carboxylic acids is 1. The van der Waals surface area contributed by atoms with Crippen molar-refractivity contribution in [2.75, 3.05) is 5.32 Å². The molecule has 3 aromatic rings. The van der Waals surface area contributed by atoms with Crippen molar-refractivity contribution in [3.63, 3.8) is 0 Å². The Labute approximate surface area is 180 Å². The highest BCUT2D eigenvalue weighted by Gasteiger charge is 2.23. The number of benzene rings is 1. The van der Waals surface area contributed by atoms with Gasteiger partial charge in [-0.25, -0.2) is 9.37 Å². The third kappa shape index (κ3) is 5.13. The van der Waals surface area contributed by atoms with Crippen LogP contribution in [-0.4, -0.2) is 22.0 Å². The number of halogens is 2. The van der Waals surface area contributed by atoms with E-state index >= 15 is 0 Å². The average Bonchev–Trinajstić information content (AvgIpc) is 3.57. The van der Waals surface area contributed by atoms with Crippen LogP contribution in [0.3, 0.4) is 0 Å². The standard InChI is InChI=1S/C21H17ClFN3O2.C2H6/c1-12-17(10-24-11-19(12)23)21(27)26-20-7-2-13(9-25-20)16-8-15(5-6-18(16)22)28-14-3-4-14;1-2/h2,5-11,14H,3-4H2,1H3,(H,25,26,27);1-2H3. The number of amides is 1. The number of nitrogens with zero attached hydrogens (tertiary/aromatic N) is 2. The largest absolute Gasteiger partial charge is 0.490 e. The zero-order valence-electron chi connectivity index (χ0n) is 17.1. The van der Waals surface area contributed by atoms with Gasteiger partial charge in [-0.05, 0) is 50.1 Å². The highest BCUT2D eigenvalue weighted by Crippen LogP contribution is 2.34. The third-order valence-electron chi connectivity index (χ3n) is 4.48. The van der Waals surface area contributed by atoms with Gasteiger partial charge in [-0.2, -0.15) is 0 Å². The number of rotatable bonds is 5. The fourth-order valence-corrected chi connectivity index (χ4v) is 2.94.